The lowest BCUT2D eigenvalue weighted by Crippen LogP contribution is -2.10. The lowest BCUT2D eigenvalue weighted by molar-refractivity contribution is 0.673. The van der Waals surface area contributed by atoms with Crippen LogP contribution in [0.2, 0.25) is 0 Å². The largest absolute Gasteiger partial charge is 0.455 e. The van der Waals surface area contributed by atoms with Gasteiger partial charge in [0.05, 0.1) is 15.1 Å². The van der Waals surface area contributed by atoms with Gasteiger partial charge in [0, 0.05) is 53.1 Å². The van der Waals surface area contributed by atoms with Crippen molar-refractivity contribution < 1.29 is 4.42 Å². The Balaban J connectivity index is 0.939. The maximum atomic E-state index is 6.54. The summed E-state index contributed by atoms with van der Waals surface area (Å²) in [5.41, 5.74) is 12.5. The van der Waals surface area contributed by atoms with Crippen LogP contribution in [0.5, 0.6) is 0 Å². The van der Waals surface area contributed by atoms with E-state index in [9.17, 15) is 0 Å². The van der Waals surface area contributed by atoms with Crippen LogP contribution in [0.3, 0.4) is 0 Å². The van der Waals surface area contributed by atoms with Crippen LogP contribution >= 0.6 is 22.7 Å². The molecule has 0 spiro atoms. The fraction of sp³-hybridized carbons (Fsp3) is 0. The lowest BCUT2D eigenvalue weighted by Gasteiger charge is -2.27. The summed E-state index contributed by atoms with van der Waals surface area (Å²) in [5, 5.41) is 9.91. The van der Waals surface area contributed by atoms with E-state index in [1.165, 1.54) is 84.6 Å². The van der Waals surface area contributed by atoms with Crippen LogP contribution in [0.4, 0.5) is 17.1 Å². The van der Waals surface area contributed by atoms with Crippen LogP contribution < -0.4 is 4.90 Å². The maximum Gasteiger partial charge on any atom is 0.153 e. The number of fused-ring (bicyclic) bond motifs is 11. The van der Waals surface area contributed by atoms with Crippen molar-refractivity contribution in [3.8, 4) is 33.4 Å². The average Bonchev–Trinajstić information content (AvgIpc) is 4.04. The zero-order chi connectivity index (χ0) is 40.7. The Morgan fingerprint density at radius 2 is 0.968 bits per heavy atom. The van der Waals surface area contributed by atoms with Gasteiger partial charge in [-0.15, -0.1) is 22.7 Å². The van der Waals surface area contributed by atoms with Gasteiger partial charge in [-0.2, -0.15) is 0 Å². The number of hydrogen-bond donors (Lipinski definition) is 0. The molecule has 0 aliphatic heterocycles. The van der Waals surface area contributed by atoms with Crippen LogP contribution in [0, 0.1) is 0 Å². The summed E-state index contributed by atoms with van der Waals surface area (Å²) < 4.78 is 11.6. The molecule has 0 atom stereocenters. The summed E-state index contributed by atoms with van der Waals surface area (Å²) >= 11 is 3.68. The molecule has 62 heavy (non-hydrogen) atoms. The third-order valence-electron chi connectivity index (χ3n) is 12.5. The van der Waals surface area contributed by atoms with E-state index in [0.717, 1.165) is 38.9 Å². The van der Waals surface area contributed by atoms with E-state index >= 15 is 0 Å². The van der Waals surface area contributed by atoms with E-state index in [-0.39, 0.29) is 0 Å². The Hall–Kier alpha value is -7.50. The van der Waals surface area contributed by atoms with Crippen molar-refractivity contribution in [3.63, 3.8) is 0 Å². The summed E-state index contributed by atoms with van der Waals surface area (Å²) in [6, 6.07) is 77.4. The van der Waals surface area contributed by atoms with Gasteiger partial charge in [0.1, 0.15) is 5.58 Å². The fourth-order valence-corrected chi connectivity index (χ4v) is 12.0. The van der Waals surface area contributed by atoms with Gasteiger partial charge >= 0.3 is 0 Å². The molecule has 3 aromatic heterocycles. The minimum absolute atomic E-state index is 0.923. The highest BCUT2D eigenvalue weighted by Crippen LogP contribution is 2.48. The van der Waals surface area contributed by atoms with Gasteiger partial charge < -0.3 is 9.32 Å². The fourth-order valence-electron chi connectivity index (χ4n) is 9.56. The van der Waals surface area contributed by atoms with E-state index < -0.39 is 0 Å². The molecule has 0 bridgehead atoms. The minimum Gasteiger partial charge on any atom is -0.455 e. The molecule has 10 aromatic carbocycles. The molecule has 3 heterocycles. The quantitative estimate of drug-likeness (QED) is 0.166. The molecule has 0 fully saturated rings. The number of nitrogens with zero attached hydrogens (tertiary/aromatic N) is 1. The van der Waals surface area contributed by atoms with E-state index in [2.05, 4.69) is 211 Å². The lowest BCUT2D eigenvalue weighted by atomic mass is 9.95. The first-order valence-electron chi connectivity index (χ1n) is 21.0. The molecule has 0 saturated heterocycles. The molecule has 0 aliphatic carbocycles. The molecule has 0 aliphatic rings. The van der Waals surface area contributed by atoms with Gasteiger partial charge in [0.15, 0.2) is 5.58 Å². The molecule has 0 amide bonds. The molecule has 0 unspecified atom stereocenters. The topological polar surface area (TPSA) is 16.4 Å². The first kappa shape index (κ1) is 35.3. The second-order valence-electron chi connectivity index (χ2n) is 16.0. The van der Waals surface area contributed by atoms with Crippen molar-refractivity contribution in [2.45, 2.75) is 0 Å². The number of rotatable bonds is 6. The Kier molecular flexibility index (Phi) is 7.99. The molecule has 13 aromatic rings. The van der Waals surface area contributed by atoms with Gasteiger partial charge in [-0.25, -0.2) is 0 Å². The highest BCUT2D eigenvalue weighted by molar-refractivity contribution is 7.27. The van der Waals surface area contributed by atoms with Gasteiger partial charge in [-0.3, -0.25) is 0 Å². The third kappa shape index (κ3) is 5.54. The maximum absolute atomic E-state index is 6.54. The highest BCUT2D eigenvalue weighted by Gasteiger charge is 2.21. The zero-order valence-corrected chi connectivity index (χ0v) is 35.0. The van der Waals surface area contributed by atoms with E-state index in [0.29, 0.717) is 0 Å². The molecule has 0 radical (unpaired) electrons. The monoisotopic (exact) mass is 825 g/mol. The number of furan rings is 1. The van der Waals surface area contributed by atoms with Gasteiger partial charge in [-0.05, 0) is 98.8 Å². The number of hydrogen-bond acceptors (Lipinski definition) is 4. The summed E-state index contributed by atoms with van der Waals surface area (Å²) in [4.78, 5) is 2.44. The predicted octanol–water partition coefficient (Wildman–Crippen LogP) is 17.9. The summed E-state index contributed by atoms with van der Waals surface area (Å²) in [5.74, 6) is 0. The van der Waals surface area contributed by atoms with Crippen LogP contribution in [-0.4, -0.2) is 0 Å². The van der Waals surface area contributed by atoms with Gasteiger partial charge in [0.25, 0.3) is 0 Å². The first-order valence-corrected chi connectivity index (χ1v) is 22.6. The number of benzene rings is 10. The molecule has 4 heteroatoms. The first-order chi connectivity index (χ1) is 30.7. The smallest absolute Gasteiger partial charge is 0.153 e. The molecule has 0 saturated carbocycles. The second-order valence-corrected chi connectivity index (χ2v) is 18.1. The summed E-state index contributed by atoms with van der Waals surface area (Å²) in [6.45, 7) is 0. The van der Waals surface area contributed by atoms with Gasteiger partial charge in [-0.1, -0.05) is 158 Å². The number of thiophene rings is 2. The molecule has 0 N–H and O–H groups in total. The number of para-hydroxylation sites is 1. The van der Waals surface area contributed by atoms with Crippen molar-refractivity contribution in [2.24, 2.45) is 0 Å². The molecular formula is C58H35NOS2. The molecular weight excluding hydrogens is 791 g/mol. The van der Waals surface area contributed by atoms with Crippen LogP contribution in [0.25, 0.3) is 106 Å². The van der Waals surface area contributed by atoms with Crippen molar-refractivity contribution in [3.05, 3.63) is 212 Å². The van der Waals surface area contributed by atoms with Crippen LogP contribution in [-0.2, 0) is 0 Å². The second kappa shape index (κ2) is 14.0. The Morgan fingerprint density at radius 1 is 0.355 bits per heavy atom. The van der Waals surface area contributed by atoms with Crippen LogP contribution in [0.15, 0.2) is 217 Å². The Labute approximate surface area is 365 Å². The summed E-state index contributed by atoms with van der Waals surface area (Å²) in [7, 11) is 0. The van der Waals surface area contributed by atoms with Crippen LogP contribution in [0.1, 0.15) is 0 Å². The van der Waals surface area contributed by atoms with Crippen molar-refractivity contribution >= 4 is 113 Å². The van der Waals surface area contributed by atoms with E-state index in [1.807, 2.05) is 28.7 Å². The summed E-state index contributed by atoms with van der Waals surface area (Å²) in [6.07, 6.45) is 0. The predicted molar refractivity (Wildman–Crippen MR) is 268 cm³/mol. The zero-order valence-electron chi connectivity index (χ0n) is 33.4. The molecule has 2 nitrogen and oxygen atoms in total. The molecule has 13 rings (SSSR count). The third-order valence-corrected chi connectivity index (χ3v) is 14.9. The van der Waals surface area contributed by atoms with Crippen molar-refractivity contribution in [2.75, 3.05) is 4.90 Å². The minimum atomic E-state index is 0.923. The van der Waals surface area contributed by atoms with Gasteiger partial charge in [0.2, 0.25) is 0 Å². The average molecular weight is 826 g/mol. The standard InChI is InChI=1S/C58H35NOS2/c1-2-16-43-37(12-1)13-10-20-44(43)38-30-32-41(33-31-38)59(51-22-11-21-47-46-18-4-7-24-53(46)61-57(47)51)42-15-9-14-40(34-42)36-26-28-39(29-27-36)49-35-50-45-17-3-6-23-52(45)60-56(50)58-55(49)48-19-5-8-25-54(48)62-58/h1-35H. The van der Waals surface area contributed by atoms with E-state index in [1.54, 1.807) is 0 Å². The van der Waals surface area contributed by atoms with Crippen molar-refractivity contribution in [1.82, 2.24) is 0 Å². The highest BCUT2D eigenvalue weighted by atomic mass is 32.1. The Morgan fingerprint density at radius 3 is 1.82 bits per heavy atom. The van der Waals surface area contributed by atoms with Crippen molar-refractivity contribution in [1.29, 1.82) is 0 Å². The number of anilines is 3. The normalized spacial score (nSPS) is 11.9. The molecule has 290 valence electrons. The SMILES string of the molecule is c1cc(-c2ccc(-c3cc4c5ccccc5oc4c4sc5ccccc5c34)cc2)cc(N(c2ccc(-c3cccc4ccccc34)cc2)c2cccc3c2sc2ccccc23)c1. The Bertz CT molecular complexity index is 3860. The van der Waals surface area contributed by atoms with E-state index in [4.69, 9.17) is 4.42 Å².